The van der Waals surface area contributed by atoms with Gasteiger partial charge in [0.15, 0.2) is 0 Å². The quantitative estimate of drug-likeness (QED) is 0.505. The molecule has 4 rings (SSSR count). The molecule has 2 heteroatoms. The molecule has 0 bridgehead atoms. The molecule has 0 aromatic carbocycles. The Balaban J connectivity index is 1.51. The van der Waals surface area contributed by atoms with Gasteiger partial charge in [-0.15, -0.1) is 0 Å². The van der Waals surface area contributed by atoms with E-state index in [9.17, 15) is 10.2 Å². The fourth-order valence-electron chi connectivity index (χ4n) is 7.68. The fourth-order valence-corrected chi connectivity index (χ4v) is 7.68. The maximum Gasteiger partial charge on any atom is 0.0577 e. The molecule has 0 heterocycles. The molecule has 7 atom stereocenters. The largest absolute Gasteiger partial charge is 0.396 e. The Morgan fingerprint density at radius 3 is 2.66 bits per heavy atom. The number of fused-ring (bicyclic) bond motifs is 4. The van der Waals surface area contributed by atoms with Gasteiger partial charge in [-0.2, -0.15) is 0 Å². The lowest BCUT2D eigenvalue weighted by atomic mass is 9.52. The third-order valence-electron chi connectivity index (χ3n) is 9.99. The van der Waals surface area contributed by atoms with Crippen LogP contribution in [-0.4, -0.2) is 22.9 Å². The highest BCUT2D eigenvalue weighted by atomic mass is 16.3. The molecule has 0 aliphatic heterocycles. The van der Waals surface area contributed by atoms with Crippen molar-refractivity contribution in [1.82, 2.24) is 0 Å². The summed E-state index contributed by atoms with van der Waals surface area (Å²) in [6.07, 6.45) is 15.8. The highest BCUT2D eigenvalue weighted by Crippen LogP contribution is 2.63. The van der Waals surface area contributed by atoms with Crippen molar-refractivity contribution >= 4 is 0 Å². The lowest BCUT2D eigenvalue weighted by Crippen LogP contribution is -2.44. The van der Waals surface area contributed by atoms with Gasteiger partial charge in [-0.05, 0) is 98.7 Å². The zero-order valence-electron chi connectivity index (χ0n) is 19.3. The van der Waals surface area contributed by atoms with Gasteiger partial charge in [0.1, 0.15) is 0 Å². The second-order valence-corrected chi connectivity index (χ2v) is 11.6. The van der Waals surface area contributed by atoms with Gasteiger partial charge in [0.05, 0.1) is 6.10 Å². The highest BCUT2D eigenvalue weighted by Gasteiger charge is 2.52. The average Bonchev–Trinajstić information content (AvgIpc) is 3.06. The van der Waals surface area contributed by atoms with E-state index in [4.69, 9.17) is 0 Å². The van der Waals surface area contributed by atoms with E-state index in [2.05, 4.69) is 33.8 Å². The number of aliphatic hydroxyl groups is 2. The van der Waals surface area contributed by atoms with Crippen molar-refractivity contribution in [3.63, 3.8) is 0 Å². The molecule has 0 amide bonds. The minimum Gasteiger partial charge on any atom is -0.396 e. The van der Waals surface area contributed by atoms with E-state index in [1.165, 1.54) is 51.4 Å². The minimum atomic E-state index is -0.103. The van der Waals surface area contributed by atoms with Crippen molar-refractivity contribution in [2.24, 2.45) is 34.5 Å². The number of rotatable bonds is 6. The van der Waals surface area contributed by atoms with Gasteiger partial charge in [-0.25, -0.2) is 0 Å². The van der Waals surface area contributed by atoms with Crippen molar-refractivity contribution in [1.29, 1.82) is 0 Å². The normalized spacial score (nSPS) is 41.3. The number of allylic oxidation sites excluding steroid dienone is 3. The minimum absolute atomic E-state index is 0.103. The fraction of sp³-hybridized carbons (Fsp3) is 0.852. The van der Waals surface area contributed by atoms with Crippen molar-refractivity contribution in [2.75, 3.05) is 6.61 Å². The molecule has 0 aromatic heterocycles. The number of hydrogen-bond donors (Lipinski definition) is 2. The van der Waals surface area contributed by atoms with Crippen molar-refractivity contribution < 1.29 is 10.2 Å². The van der Waals surface area contributed by atoms with Crippen LogP contribution in [0.5, 0.6) is 0 Å². The van der Waals surface area contributed by atoms with Crippen LogP contribution in [-0.2, 0) is 0 Å². The topological polar surface area (TPSA) is 40.5 Å². The zero-order chi connectivity index (χ0) is 20.8. The van der Waals surface area contributed by atoms with Crippen LogP contribution in [0.3, 0.4) is 0 Å². The lowest BCUT2D eigenvalue weighted by molar-refractivity contribution is 0.0505. The standard InChI is InChI=1S/C27H44O2/c1-18(17-28)6-5-7-19(2)26(3)15-13-23-22-9-8-20-16-21(29)12-14-27(20,4)25(22)11-10-24(23)26/h8,18-19,21-22,25,28-29H,5-7,9-17H2,1-4H3/t18-,19-,21+,22+,25+,26+,27+/m1/s1. The molecule has 0 aromatic rings. The van der Waals surface area contributed by atoms with E-state index in [0.29, 0.717) is 23.4 Å². The van der Waals surface area contributed by atoms with Gasteiger partial charge in [-0.1, -0.05) is 56.9 Å². The lowest BCUT2D eigenvalue weighted by Gasteiger charge is -2.53. The predicted molar refractivity (Wildman–Crippen MR) is 121 cm³/mol. The van der Waals surface area contributed by atoms with Crippen LogP contribution >= 0.6 is 0 Å². The number of aliphatic hydroxyl groups excluding tert-OH is 2. The van der Waals surface area contributed by atoms with Gasteiger partial charge in [0.2, 0.25) is 0 Å². The molecule has 0 saturated heterocycles. The summed E-state index contributed by atoms with van der Waals surface area (Å²) in [5, 5.41) is 19.5. The second-order valence-electron chi connectivity index (χ2n) is 11.6. The summed E-state index contributed by atoms with van der Waals surface area (Å²) in [6, 6.07) is 0. The first-order valence-corrected chi connectivity index (χ1v) is 12.5. The molecule has 4 aliphatic carbocycles. The summed E-state index contributed by atoms with van der Waals surface area (Å²) in [6.45, 7) is 10.1. The van der Waals surface area contributed by atoms with E-state index >= 15 is 0 Å². The Kier molecular flexibility index (Phi) is 6.08. The Labute approximate surface area is 178 Å². The first-order chi connectivity index (χ1) is 13.8. The smallest absolute Gasteiger partial charge is 0.0577 e. The summed E-state index contributed by atoms with van der Waals surface area (Å²) in [5.41, 5.74) is 6.01. The molecule has 0 spiro atoms. The molecule has 4 aliphatic rings. The van der Waals surface area contributed by atoms with E-state index in [-0.39, 0.29) is 6.10 Å². The van der Waals surface area contributed by atoms with Crippen LogP contribution in [0.15, 0.2) is 22.8 Å². The summed E-state index contributed by atoms with van der Waals surface area (Å²) in [4.78, 5) is 0. The monoisotopic (exact) mass is 400 g/mol. The van der Waals surface area contributed by atoms with Crippen LogP contribution in [0.25, 0.3) is 0 Å². The van der Waals surface area contributed by atoms with Crippen LogP contribution < -0.4 is 0 Å². The Bertz CT molecular complexity index is 676. The van der Waals surface area contributed by atoms with Gasteiger partial charge >= 0.3 is 0 Å². The second kappa shape index (κ2) is 8.15. The molecular weight excluding hydrogens is 356 g/mol. The zero-order valence-corrected chi connectivity index (χ0v) is 19.3. The van der Waals surface area contributed by atoms with Gasteiger partial charge in [0, 0.05) is 6.61 Å². The summed E-state index contributed by atoms with van der Waals surface area (Å²) in [7, 11) is 0. The van der Waals surface area contributed by atoms with Gasteiger partial charge < -0.3 is 10.2 Å². The SMILES string of the molecule is C[C@@H](CO)CCC[C@@H](C)[C@]1(C)CCC2=C1CC[C@H]1[C@H]2CC=C2C[C@@H](O)CC[C@@]21C. The van der Waals surface area contributed by atoms with Gasteiger partial charge in [0.25, 0.3) is 0 Å². The summed E-state index contributed by atoms with van der Waals surface area (Å²) >= 11 is 0. The molecule has 2 nitrogen and oxygen atoms in total. The molecule has 2 N–H and O–H groups in total. The highest BCUT2D eigenvalue weighted by molar-refractivity contribution is 5.37. The molecule has 1 fully saturated rings. The predicted octanol–water partition coefficient (Wildman–Crippen LogP) is 6.43. The van der Waals surface area contributed by atoms with Crippen LogP contribution in [0.1, 0.15) is 98.3 Å². The maximum absolute atomic E-state index is 10.2. The van der Waals surface area contributed by atoms with Gasteiger partial charge in [-0.3, -0.25) is 0 Å². The van der Waals surface area contributed by atoms with E-state index in [1.54, 1.807) is 5.57 Å². The van der Waals surface area contributed by atoms with E-state index < -0.39 is 0 Å². The van der Waals surface area contributed by atoms with Crippen LogP contribution in [0, 0.1) is 34.5 Å². The third kappa shape index (κ3) is 3.67. The van der Waals surface area contributed by atoms with Crippen molar-refractivity contribution in [2.45, 2.75) is 104 Å². The van der Waals surface area contributed by atoms with E-state index in [0.717, 1.165) is 37.0 Å². The molecular formula is C27H44O2. The molecule has 29 heavy (non-hydrogen) atoms. The maximum atomic E-state index is 10.2. The molecule has 1 saturated carbocycles. The van der Waals surface area contributed by atoms with E-state index in [1.807, 2.05) is 11.1 Å². The molecule has 0 unspecified atom stereocenters. The Hall–Kier alpha value is -0.600. The summed E-state index contributed by atoms with van der Waals surface area (Å²) in [5.74, 6) is 2.76. The Morgan fingerprint density at radius 2 is 1.90 bits per heavy atom. The molecule has 164 valence electrons. The first kappa shape index (κ1) is 21.6. The van der Waals surface area contributed by atoms with Crippen LogP contribution in [0.2, 0.25) is 0 Å². The van der Waals surface area contributed by atoms with Crippen molar-refractivity contribution in [3.8, 4) is 0 Å². The van der Waals surface area contributed by atoms with Crippen molar-refractivity contribution in [3.05, 3.63) is 22.8 Å². The summed E-state index contributed by atoms with van der Waals surface area (Å²) < 4.78 is 0. The first-order valence-electron chi connectivity index (χ1n) is 12.5. The Morgan fingerprint density at radius 1 is 1.10 bits per heavy atom. The number of hydrogen-bond acceptors (Lipinski definition) is 2. The van der Waals surface area contributed by atoms with Crippen LogP contribution in [0.4, 0.5) is 0 Å². The average molecular weight is 401 g/mol. The third-order valence-corrected chi connectivity index (χ3v) is 9.99. The molecule has 0 radical (unpaired) electrons.